The zero-order valence-electron chi connectivity index (χ0n) is 11.2. The Kier molecular flexibility index (Phi) is 4.73. The maximum absolute atomic E-state index is 12.0. The van der Waals surface area contributed by atoms with Gasteiger partial charge >= 0.3 is 5.97 Å². The van der Waals surface area contributed by atoms with Crippen LogP contribution in [-0.2, 0) is 9.59 Å². The number of hydrogen-bond acceptors (Lipinski definition) is 4. The number of aliphatic carboxylic acids is 1. The summed E-state index contributed by atoms with van der Waals surface area (Å²) in [5.74, 6) is -0.00489. The molecule has 0 radical (unpaired) electrons. The standard InChI is InChI=1S/C13H22N2O3S/c1-19-5-4-9(14)12(16)15-11-8-3-2-7(6-8)10(11)13(17)18/h7-11H,2-6,14H2,1H3,(H,15,16)(H,17,18)/t7?,8?,9-,10?,11?/m1/s1. The lowest BCUT2D eigenvalue weighted by Crippen LogP contribution is -2.51. The molecule has 4 unspecified atom stereocenters. The van der Waals surface area contributed by atoms with Crippen LogP contribution in [0.1, 0.15) is 25.7 Å². The Morgan fingerprint density at radius 2 is 2.11 bits per heavy atom. The molecule has 2 rings (SSSR count). The molecular formula is C13H22N2O3S. The fourth-order valence-electron chi connectivity index (χ4n) is 3.50. The van der Waals surface area contributed by atoms with Crippen LogP contribution in [0.5, 0.6) is 0 Å². The topological polar surface area (TPSA) is 92.4 Å². The second-order valence-corrected chi connectivity index (χ2v) is 6.61. The number of carboxylic acid groups (broad SMARTS) is 1. The number of carbonyl (C=O) groups is 2. The first-order valence-corrected chi connectivity index (χ1v) is 8.21. The highest BCUT2D eigenvalue weighted by Crippen LogP contribution is 2.48. The molecule has 2 aliphatic carbocycles. The molecule has 0 aliphatic heterocycles. The molecule has 5 nitrogen and oxygen atoms in total. The second-order valence-electron chi connectivity index (χ2n) is 5.62. The number of carbonyl (C=O) groups excluding carboxylic acids is 1. The van der Waals surface area contributed by atoms with E-state index in [4.69, 9.17) is 5.73 Å². The Morgan fingerprint density at radius 3 is 2.74 bits per heavy atom. The van der Waals surface area contributed by atoms with Gasteiger partial charge in [0.2, 0.25) is 5.91 Å². The molecule has 0 spiro atoms. The van der Waals surface area contributed by atoms with E-state index in [0.29, 0.717) is 12.3 Å². The highest BCUT2D eigenvalue weighted by Gasteiger charge is 2.51. The van der Waals surface area contributed by atoms with Crippen molar-refractivity contribution < 1.29 is 14.7 Å². The molecule has 2 aliphatic rings. The van der Waals surface area contributed by atoms with Crippen molar-refractivity contribution in [2.24, 2.45) is 23.5 Å². The van der Waals surface area contributed by atoms with E-state index in [1.54, 1.807) is 11.8 Å². The molecule has 0 saturated heterocycles. The maximum atomic E-state index is 12.0. The van der Waals surface area contributed by atoms with Crippen LogP contribution in [0.25, 0.3) is 0 Å². The molecule has 2 bridgehead atoms. The van der Waals surface area contributed by atoms with Gasteiger partial charge in [-0.3, -0.25) is 9.59 Å². The average molecular weight is 286 g/mol. The second kappa shape index (κ2) is 6.13. The molecule has 2 saturated carbocycles. The number of thioether (sulfide) groups is 1. The van der Waals surface area contributed by atoms with Gasteiger partial charge in [-0.15, -0.1) is 0 Å². The molecule has 5 atom stereocenters. The van der Waals surface area contributed by atoms with Gasteiger partial charge in [0.15, 0.2) is 0 Å². The molecule has 0 aromatic carbocycles. The summed E-state index contributed by atoms with van der Waals surface area (Å²) in [6.45, 7) is 0. The summed E-state index contributed by atoms with van der Waals surface area (Å²) in [5.41, 5.74) is 5.83. The van der Waals surface area contributed by atoms with Gasteiger partial charge in [-0.2, -0.15) is 11.8 Å². The molecule has 0 aromatic rings. The zero-order valence-corrected chi connectivity index (χ0v) is 12.0. The lowest BCUT2D eigenvalue weighted by molar-refractivity contribution is -0.144. The van der Waals surface area contributed by atoms with Crippen molar-refractivity contribution in [3.8, 4) is 0 Å². The van der Waals surface area contributed by atoms with Gasteiger partial charge in [0.1, 0.15) is 0 Å². The van der Waals surface area contributed by atoms with E-state index in [2.05, 4.69) is 5.32 Å². The number of carboxylic acids is 1. The third-order valence-electron chi connectivity index (χ3n) is 4.48. The van der Waals surface area contributed by atoms with E-state index < -0.39 is 17.9 Å². The molecule has 108 valence electrons. The van der Waals surface area contributed by atoms with Crippen LogP contribution in [0.15, 0.2) is 0 Å². The Balaban J connectivity index is 1.94. The monoisotopic (exact) mass is 286 g/mol. The van der Waals surface area contributed by atoms with Crippen molar-refractivity contribution >= 4 is 23.6 Å². The van der Waals surface area contributed by atoms with Gasteiger partial charge in [0.25, 0.3) is 0 Å². The molecule has 1 amide bonds. The minimum absolute atomic E-state index is 0.196. The molecular weight excluding hydrogens is 264 g/mol. The van der Waals surface area contributed by atoms with Crippen LogP contribution in [0.4, 0.5) is 0 Å². The molecule has 2 fully saturated rings. The number of rotatable bonds is 6. The largest absolute Gasteiger partial charge is 0.481 e. The molecule has 4 N–H and O–H groups in total. The average Bonchev–Trinajstić information content (AvgIpc) is 2.96. The highest BCUT2D eigenvalue weighted by molar-refractivity contribution is 7.98. The van der Waals surface area contributed by atoms with Crippen molar-refractivity contribution in [2.75, 3.05) is 12.0 Å². The predicted octanol–water partition coefficient (Wildman–Crippen LogP) is 0.682. The van der Waals surface area contributed by atoms with Crippen LogP contribution in [0.3, 0.4) is 0 Å². The SMILES string of the molecule is CSCC[C@@H](N)C(=O)NC1C2CCC(C2)C1C(=O)O. The van der Waals surface area contributed by atoms with Crippen molar-refractivity contribution in [3.63, 3.8) is 0 Å². The lowest BCUT2D eigenvalue weighted by Gasteiger charge is -2.29. The smallest absolute Gasteiger partial charge is 0.308 e. The molecule has 19 heavy (non-hydrogen) atoms. The van der Waals surface area contributed by atoms with Crippen LogP contribution >= 0.6 is 11.8 Å². The fourth-order valence-corrected chi connectivity index (χ4v) is 3.99. The quantitative estimate of drug-likeness (QED) is 0.668. The minimum Gasteiger partial charge on any atom is -0.481 e. The summed E-state index contributed by atoms with van der Waals surface area (Å²) in [6.07, 6.45) is 5.54. The van der Waals surface area contributed by atoms with Crippen molar-refractivity contribution in [1.82, 2.24) is 5.32 Å². The summed E-state index contributed by atoms with van der Waals surface area (Å²) in [7, 11) is 0. The number of hydrogen-bond donors (Lipinski definition) is 3. The fraction of sp³-hybridized carbons (Fsp3) is 0.846. The summed E-state index contributed by atoms with van der Waals surface area (Å²) in [6, 6.07) is -0.745. The van der Waals surface area contributed by atoms with Gasteiger partial charge in [-0.05, 0) is 49.5 Å². The highest BCUT2D eigenvalue weighted by atomic mass is 32.2. The van der Waals surface area contributed by atoms with E-state index in [-0.39, 0.29) is 17.9 Å². The Morgan fingerprint density at radius 1 is 1.42 bits per heavy atom. The predicted molar refractivity (Wildman–Crippen MR) is 74.9 cm³/mol. The zero-order chi connectivity index (χ0) is 14.0. The summed E-state index contributed by atoms with van der Waals surface area (Å²) >= 11 is 1.65. The maximum Gasteiger partial charge on any atom is 0.308 e. The van der Waals surface area contributed by atoms with Crippen molar-refractivity contribution in [2.45, 2.75) is 37.8 Å². The third-order valence-corrected chi connectivity index (χ3v) is 5.12. The van der Waals surface area contributed by atoms with Crippen LogP contribution in [0, 0.1) is 17.8 Å². The number of nitrogens with one attached hydrogen (secondary N) is 1. The van der Waals surface area contributed by atoms with E-state index in [9.17, 15) is 14.7 Å². The molecule has 6 heteroatoms. The minimum atomic E-state index is -0.782. The number of amides is 1. The van der Waals surface area contributed by atoms with Crippen LogP contribution in [-0.4, -0.2) is 41.1 Å². The van der Waals surface area contributed by atoms with Gasteiger partial charge < -0.3 is 16.2 Å². The van der Waals surface area contributed by atoms with E-state index in [1.807, 2.05) is 6.26 Å². The molecule has 0 aromatic heterocycles. The normalized spacial score (nSPS) is 34.2. The van der Waals surface area contributed by atoms with E-state index >= 15 is 0 Å². The van der Waals surface area contributed by atoms with Gasteiger partial charge in [-0.25, -0.2) is 0 Å². The first-order chi connectivity index (χ1) is 9.04. The number of nitrogens with two attached hydrogens (primary N) is 1. The first-order valence-electron chi connectivity index (χ1n) is 6.82. The lowest BCUT2D eigenvalue weighted by atomic mass is 9.84. The summed E-state index contributed by atoms with van der Waals surface area (Å²) < 4.78 is 0. The first kappa shape index (κ1) is 14.7. The van der Waals surface area contributed by atoms with Crippen LogP contribution < -0.4 is 11.1 Å². The van der Waals surface area contributed by atoms with Crippen molar-refractivity contribution in [1.29, 1.82) is 0 Å². The van der Waals surface area contributed by atoms with Gasteiger partial charge in [0, 0.05) is 6.04 Å². The van der Waals surface area contributed by atoms with E-state index in [0.717, 1.165) is 25.0 Å². The Hall–Kier alpha value is -0.750. The Labute approximate surface area is 117 Å². The van der Waals surface area contributed by atoms with Crippen molar-refractivity contribution in [3.05, 3.63) is 0 Å². The number of fused-ring (bicyclic) bond motifs is 2. The van der Waals surface area contributed by atoms with Gasteiger partial charge in [0.05, 0.1) is 12.0 Å². The molecule has 0 heterocycles. The Bertz CT molecular complexity index is 364. The third kappa shape index (κ3) is 3.05. The van der Waals surface area contributed by atoms with E-state index in [1.165, 1.54) is 0 Å². The summed E-state index contributed by atoms with van der Waals surface area (Å²) in [5, 5.41) is 12.2. The summed E-state index contributed by atoms with van der Waals surface area (Å²) in [4.78, 5) is 23.4. The van der Waals surface area contributed by atoms with Crippen LogP contribution in [0.2, 0.25) is 0 Å². The van der Waals surface area contributed by atoms with Gasteiger partial charge in [-0.1, -0.05) is 0 Å².